The highest BCUT2D eigenvalue weighted by Gasteiger charge is 2.57. The molecule has 196 valence electrons. The molecule has 0 aliphatic heterocycles. The number of halogens is 4. The molecule has 4 aromatic rings. The van der Waals surface area contributed by atoms with E-state index in [1.165, 1.54) is 0 Å². The quantitative estimate of drug-likeness (QED) is 0.191. The zero-order valence-electron chi connectivity index (χ0n) is 20.1. The third-order valence-corrected chi connectivity index (χ3v) is 8.97. The van der Waals surface area contributed by atoms with E-state index in [4.69, 9.17) is 46.4 Å². The van der Waals surface area contributed by atoms with Gasteiger partial charge in [-0.15, -0.1) is 0 Å². The molecule has 38 heavy (non-hydrogen) atoms. The van der Waals surface area contributed by atoms with Crippen LogP contribution in [0.2, 0.25) is 20.1 Å². The maximum atomic E-state index is 10.4. The molecule has 1 saturated carbocycles. The largest absolute Gasteiger partial charge is 0.508 e. The summed E-state index contributed by atoms with van der Waals surface area (Å²) in [7, 11) is 0. The van der Waals surface area contributed by atoms with Crippen LogP contribution >= 0.6 is 46.4 Å². The van der Waals surface area contributed by atoms with Crippen molar-refractivity contribution >= 4 is 46.4 Å². The van der Waals surface area contributed by atoms with Crippen molar-refractivity contribution in [3.05, 3.63) is 115 Å². The molecule has 0 bridgehead atoms. The standard InChI is InChI=1S/C30H24Cl4O4/c31-23-13-19(14-24(32)27(23)37)30(20-15-25(33)28(38)26(34)16-20)12-2-1-11-29(30,17-3-7-21(35)8-4-17)18-5-9-22(36)10-6-18/h3-10,13-16,35-38H,1-2,11-12H2. The lowest BCUT2D eigenvalue weighted by Gasteiger charge is -2.56. The fourth-order valence-corrected chi connectivity index (χ4v) is 7.19. The van der Waals surface area contributed by atoms with Crippen molar-refractivity contribution < 1.29 is 20.4 Å². The minimum atomic E-state index is -0.902. The number of benzene rings is 4. The Kier molecular flexibility index (Phi) is 7.12. The van der Waals surface area contributed by atoms with Gasteiger partial charge < -0.3 is 20.4 Å². The summed E-state index contributed by atoms with van der Waals surface area (Å²) in [6, 6.07) is 20.9. The summed E-state index contributed by atoms with van der Waals surface area (Å²) in [6.45, 7) is 0. The van der Waals surface area contributed by atoms with Gasteiger partial charge in [-0.05, 0) is 83.6 Å². The van der Waals surface area contributed by atoms with Gasteiger partial charge in [-0.2, -0.15) is 0 Å². The number of aromatic hydroxyl groups is 4. The average Bonchev–Trinajstić information content (AvgIpc) is 2.90. The highest BCUT2D eigenvalue weighted by molar-refractivity contribution is 6.37. The molecule has 0 spiro atoms. The molecule has 8 heteroatoms. The predicted molar refractivity (Wildman–Crippen MR) is 152 cm³/mol. The van der Waals surface area contributed by atoms with Gasteiger partial charge in [0, 0.05) is 10.8 Å². The minimum Gasteiger partial charge on any atom is -0.508 e. The minimum absolute atomic E-state index is 0.0960. The first-order chi connectivity index (χ1) is 18.1. The molecule has 0 saturated heterocycles. The Morgan fingerprint density at radius 3 is 1.05 bits per heavy atom. The number of phenols is 4. The number of phenolic OH excluding ortho intramolecular Hbond substituents is 4. The van der Waals surface area contributed by atoms with Crippen molar-refractivity contribution in [1.29, 1.82) is 0 Å². The lowest BCUT2D eigenvalue weighted by Crippen LogP contribution is -2.53. The molecule has 4 nitrogen and oxygen atoms in total. The smallest absolute Gasteiger partial charge is 0.152 e. The summed E-state index contributed by atoms with van der Waals surface area (Å²) in [5.41, 5.74) is 1.57. The number of hydrogen-bond donors (Lipinski definition) is 4. The van der Waals surface area contributed by atoms with Gasteiger partial charge >= 0.3 is 0 Å². The van der Waals surface area contributed by atoms with Gasteiger partial charge in [-0.25, -0.2) is 0 Å². The van der Waals surface area contributed by atoms with E-state index in [0.717, 1.165) is 35.1 Å². The van der Waals surface area contributed by atoms with Crippen molar-refractivity contribution in [3.8, 4) is 23.0 Å². The first-order valence-electron chi connectivity index (χ1n) is 12.1. The van der Waals surface area contributed by atoms with E-state index < -0.39 is 10.8 Å². The van der Waals surface area contributed by atoms with Crippen LogP contribution in [-0.4, -0.2) is 20.4 Å². The molecule has 4 N–H and O–H groups in total. The zero-order valence-corrected chi connectivity index (χ0v) is 23.1. The highest BCUT2D eigenvalue weighted by atomic mass is 35.5. The van der Waals surface area contributed by atoms with Crippen LogP contribution in [0.4, 0.5) is 0 Å². The van der Waals surface area contributed by atoms with Crippen LogP contribution in [0.1, 0.15) is 47.9 Å². The number of rotatable bonds is 4. The summed E-state index contributed by atoms with van der Waals surface area (Å²) in [6.07, 6.45) is 3.01. The van der Waals surface area contributed by atoms with E-state index >= 15 is 0 Å². The molecule has 5 rings (SSSR count). The summed E-state index contributed by atoms with van der Waals surface area (Å²) in [4.78, 5) is 0. The second-order valence-corrected chi connectivity index (χ2v) is 11.3. The van der Waals surface area contributed by atoms with E-state index in [1.54, 1.807) is 48.5 Å². The monoisotopic (exact) mass is 588 g/mol. The maximum absolute atomic E-state index is 10.4. The topological polar surface area (TPSA) is 80.9 Å². The molecule has 0 atom stereocenters. The molecule has 4 aromatic carbocycles. The summed E-state index contributed by atoms with van der Waals surface area (Å²) in [5.74, 6) is -0.181. The Labute approximate surface area is 240 Å². The van der Waals surface area contributed by atoms with Crippen molar-refractivity contribution in [3.63, 3.8) is 0 Å². The van der Waals surface area contributed by atoms with Crippen molar-refractivity contribution in [2.24, 2.45) is 0 Å². The third kappa shape index (κ3) is 4.15. The van der Waals surface area contributed by atoms with Crippen molar-refractivity contribution in [2.45, 2.75) is 36.5 Å². The average molecular weight is 590 g/mol. The van der Waals surface area contributed by atoms with Gasteiger partial charge in [0.15, 0.2) is 11.5 Å². The normalized spacial score (nSPS) is 16.3. The third-order valence-electron chi connectivity index (χ3n) is 7.82. The van der Waals surface area contributed by atoms with Crippen LogP contribution in [0.25, 0.3) is 0 Å². The van der Waals surface area contributed by atoms with Crippen LogP contribution in [0.15, 0.2) is 72.8 Å². The molecule has 0 radical (unpaired) electrons. The highest BCUT2D eigenvalue weighted by Crippen LogP contribution is 2.62. The van der Waals surface area contributed by atoms with Gasteiger partial charge in [0.2, 0.25) is 0 Å². The second kappa shape index (κ2) is 10.1. The van der Waals surface area contributed by atoms with E-state index in [0.29, 0.717) is 12.8 Å². The van der Waals surface area contributed by atoms with Gasteiger partial charge in [0.25, 0.3) is 0 Å². The summed E-state index contributed by atoms with van der Waals surface area (Å²) >= 11 is 26.0. The van der Waals surface area contributed by atoms with Gasteiger partial charge in [-0.3, -0.25) is 0 Å². The van der Waals surface area contributed by atoms with Crippen LogP contribution < -0.4 is 0 Å². The lowest BCUT2D eigenvalue weighted by atomic mass is 9.46. The summed E-state index contributed by atoms with van der Waals surface area (Å²) < 4.78 is 0. The van der Waals surface area contributed by atoms with Crippen molar-refractivity contribution in [2.75, 3.05) is 0 Å². The van der Waals surface area contributed by atoms with E-state index in [-0.39, 0.29) is 43.1 Å². The predicted octanol–water partition coefficient (Wildman–Crippen LogP) is 8.97. The van der Waals surface area contributed by atoms with Crippen LogP contribution in [0.3, 0.4) is 0 Å². The Bertz CT molecular complexity index is 1350. The second-order valence-electron chi connectivity index (χ2n) is 9.69. The first kappa shape index (κ1) is 26.8. The molecule has 1 aliphatic rings. The molecule has 0 heterocycles. The van der Waals surface area contributed by atoms with E-state index in [2.05, 4.69) is 0 Å². The van der Waals surface area contributed by atoms with Crippen molar-refractivity contribution in [1.82, 2.24) is 0 Å². The Balaban J connectivity index is 1.99. The van der Waals surface area contributed by atoms with Gasteiger partial charge in [-0.1, -0.05) is 83.5 Å². The zero-order chi connectivity index (χ0) is 27.2. The molecular formula is C30H24Cl4O4. The van der Waals surface area contributed by atoms with E-state index in [1.807, 2.05) is 24.3 Å². The molecule has 0 unspecified atom stereocenters. The van der Waals surface area contributed by atoms with E-state index in [9.17, 15) is 20.4 Å². The molecule has 1 fully saturated rings. The lowest BCUT2D eigenvalue weighted by molar-refractivity contribution is 0.213. The van der Waals surface area contributed by atoms with Crippen LogP contribution in [-0.2, 0) is 10.8 Å². The molecule has 0 amide bonds. The Morgan fingerprint density at radius 2 is 0.737 bits per heavy atom. The van der Waals surface area contributed by atoms with Gasteiger partial charge in [0.1, 0.15) is 11.5 Å². The Hall–Kier alpha value is -2.76. The number of hydrogen-bond acceptors (Lipinski definition) is 4. The summed E-state index contributed by atoms with van der Waals surface area (Å²) in [5, 5.41) is 41.6. The van der Waals surface area contributed by atoms with Crippen LogP contribution in [0.5, 0.6) is 23.0 Å². The SMILES string of the molecule is Oc1ccc(C2(c3ccc(O)cc3)CCCCC2(c2cc(Cl)c(O)c(Cl)c2)c2cc(Cl)c(O)c(Cl)c2)cc1. The maximum Gasteiger partial charge on any atom is 0.152 e. The molecule has 1 aliphatic carbocycles. The fraction of sp³-hybridized carbons (Fsp3) is 0.200. The van der Waals surface area contributed by atoms with Gasteiger partial charge in [0.05, 0.1) is 20.1 Å². The first-order valence-corrected chi connectivity index (χ1v) is 13.6. The van der Waals surface area contributed by atoms with Crippen LogP contribution in [0, 0.1) is 0 Å². The fourth-order valence-electron chi connectivity index (χ4n) is 6.22. The Morgan fingerprint density at radius 1 is 0.447 bits per heavy atom. The molecular weight excluding hydrogens is 566 g/mol. The molecule has 0 aromatic heterocycles.